The molecule has 6 heteroatoms. The molecule has 96 valence electrons. The Kier molecular flexibility index (Phi) is 4.04. The van der Waals surface area contributed by atoms with E-state index in [1.807, 2.05) is 10.8 Å². The van der Waals surface area contributed by atoms with E-state index in [-0.39, 0.29) is 0 Å². The molecule has 0 aliphatic heterocycles. The van der Waals surface area contributed by atoms with Gasteiger partial charge in [0.2, 0.25) is 0 Å². The van der Waals surface area contributed by atoms with Gasteiger partial charge in [-0.25, -0.2) is 4.98 Å². The smallest absolute Gasteiger partial charge is 0.184 e. The van der Waals surface area contributed by atoms with Crippen molar-refractivity contribution in [3.8, 4) is 11.5 Å². The summed E-state index contributed by atoms with van der Waals surface area (Å²) in [7, 11) is 3.20. The molecule has 0 atom stereocenters. The first-order chi connectivity index (χ1) is 8.78. The second kappa shape index (κ2) is 5.73. The molecule has 0 amide bonds. The summed E-state index contributed by atoms with van der Waals surface area (Å²) in [4.78, 5) is 8.46. The minimum absolute atomic E-state index is 0.398. The van der Waals surface area contributed by atoms with Crippen LogP contribution in [0.15, 0.2) is 24.8 Å². The predicted molar refractivity (Wildman–Crippen MR) is 68.2 cm³/mol. The van der Waals surface area contributed by atoms with Crippen LogP contribution in [0.4, 0.5) is 0 Å². The summed E-state index contributed by atoms with van der Waals surface area (Å²) >= 11 is 5.71. The van der Waals surface area contributed by atoms with Crippen LogP contribution < -0.4 is 9.47 Å². The molecule has 0 N–H and O–H groups in total. The van der Waals surface area contributed by atoms with Crippen LogP contribution in [0, 0.1) is 0 Å². The van der Waals surface area contributed by atoms with Crippen LogP contribution in [0.25, 0.3) is 0 Å². The zero-order valence-corrected chi connectivity index (χ0v) is 11.0. The molecule has 2 aromatic rings. The second-order valence-corrected chi connectivity index (χ2v) is 3.93. The molecule has 0 fully saturated rings. The summed E-state index contributed by atoms with van der Waals surface area (Å²) in [6.45, 7) is 0.560. The first-order valence-corrected chi connectivity index (χ1v) is 5.94. The van der Waals surface area contributed by atoms with Crippen LogP contribution in [0.5, 0.6) is 11.5 Å². The minimum Gasteiger partial charge on any atom is -0.493 e. The Labute approximate surface area is 110 Å². The van der Waals surface area contributed by atoms with E-state index in [1.54, 1.807) is 32.8 Å². The normalized spacial score (nSPS) is 10.4. The lowest BCUT2D eigenvalue weighted by atomic mass is 10.3. The van der Waals surface area contributed by atoms with Gasteiger partial charge >= 0.3 is 0 Å². The fourth-order valence-electron chi connectivity index (χ4n) is 1.70. The Morgan fingerprint density at radius 3 is 2.72 bits per heavy atom. The summed E-state index contributed by atoms with van der Waals surface area (Å²) in [6, 6.07) is 1.76. The molecular formula is C12H14ClN3O2. The van der Waals surface area contributed by atoms with Crippen LogP contribution in [-0.4, -0.2) is 28.8 Å². The molecule has 0 aliphatic carbocycles. The summed E-state index contributed by atoms with van der Waals surface area (Å²) in [5, 5.41) is 0. The van der Waals surface area contributed by atoms with Gasteiger partial charge in [0, 0.05) is 18.5 Å². The molecule has 2 rings (SSSR count). The van der Waals surface area contributed by atoms with E-state index < -0.39 is 0 Å². The SMILES string of the molecule is COc1ccnc(Cn2cnc(CCl)c2)c1OC. The van der Waals surface area contributed by atoms with Gasteiger partial charge in [0.05, 0.1) is 38.7 Å². The zero-order chi connectivity index (χ0) is 13.0. The van der Waals surface area contributed by atoms with Crippen molar-refractivity contribution in [2.75, 3.05) is 14.2 Å². The van der Waals surface area contributed by atoms with E-state index in [2.05, 4.69) is 9.97 Å². The van der Waals surface area contributed by atoms with Gasteiger partial charge in [-0.05, 0) is 0 Å². The molecule has 2 aromatic heterocycles. The molecule has 5 nitrogen and oxygen atoms in total. The van der Waals surface area contributed by atoms with Crippen LogP contribution >= 0.6 is 11.6 Å². The maximum Gasteiger partial charge on any atom is 0.184 e. The molecule has 0 saturated carbocycles. The number of halogens is 1. The number of nitrogens with zero attached hydrogens (tertiary/aromatic N) is 3. The van der Waals surface area contributed by atoms with Crippen molar-refractivity contribution in [2.24, 2.45) is 0 Å². The third-order valence-electron chi connectivity index (χ3n) is 2.52. The van der Waals surface area contributed by atoms with Gasteiger partial charge in [-0.15, -0.1) is 11.6 Å². The second-order valence-electron chi connectivity index (χ2n) is 3.66. The Balaban J connectivity index is 2.28. The van der Waals surface area contributed by atoms with Gasteiger partial charge in [-0.2, -0.15) is 0 Å². The average molecular weight is 268 g/mol. The molecule has 0 aromatic carbocycles. The lowest BCUT2D eigenvalue weighted by Gasteiger charge is -2.11. The highest BCUT2D eigenvalue weighted by Crippen LogP contribution is 2.29. The third kappa shape index (κ3) is 2.56. The monoisotopic (exact) mass is 267 g/mol. The first-order valence-electron chi connectivity index (χ1n) is 5.41. The molecule has 18 heavy (non-hydrogen) atoms. The summed E-state index contributed by atoms with van der Waals surface area (Å²) < 4.78 is 12.5. The number of aromatic nitrogens is 3. The molecule has 0 radical (unpaired) electrons. The van der Waals surface area contributed by atoms with Crippen LogP contribution in [0.3, 0.4) is 0 Å². The molecule has 0 bridgehead atoms. The molecule has 0 unspecified atom stereocenters. The average Bonchev–Trinajstić information content (AvgIpc) is 2.86. The Morgan fingerprint density at radius 1 is 1.28 bits per heavy atom. The first kappa shape index (κ1) is 12.7. The number of pyridine rings is 1. The third-order valence-corrected chi connectivity index (χ3v) is 2.80. The molecule has 0 saturated heterocycles. The largest absolute Gasteiger partial charge is 0.493 e. The number of hydrogen-bond donors (Lipinski definition) is 0. The van der Waals surface area contributed by atoms with Gasteiger partial charge in [0.1, 0.15) is 5.69 Å². The number of hydrogen-bond acceptors (Lipinski definition) is 4. The van der Waals surface area contributed by atoms with E-state index in [1.165, 1.54) is 0 Å². The number of methoxy groups -OCH3 is 2. The lowest BCUT2D eigenvalue weighted by molar-refractivity contribution is 0.348. The highest BCUT2D eigenvalue weighted by atomic mass is 35.5. The van der Waals surface area contributed by atoms with Crippen LogP contribution in [-0.2, 0) is 12.4 Å². The number of ether oxygens (including phenoxy) is 2. The van der Waals surface area contributed by atoms with Gasteiger partial charge in [-0.3, -0.25) is 4.98 Å². The maximum absolute atomic E-state index is 5.71. The molecule has 0 aliphatic rings. The van der Waals surface area contributed by atoms with Crippen molar-refractivity contribution in [3.05, 3.63) is 36.2 Å². The van der Waals surface area contributed by atoms with E-state index in [9.17, 15) is 0 Å². The Bertz CT molecular complexity index is 528. The fourth-order valence-corrected chi connectivity index (χ4v) is 1.84. The summed E-state index contributed by atoms with van der Waals surface area (Å²) in [5.41, 5.74) is 1.62. The summed E-state index contributed by atoms with van der Waals surface area (Å²) in [5.74, 6) is 1.71. The van der Waals surface area contributed by atoms with Crippen molar-refractivity contribution in [1.82, 2.24) is 14.5 Å². The number of alkyl halides is 1. The lowest BCUT2D eigenvalue weighted by Crippen LogP contribution is -2.03. The summed E-state index contributed by atoms with van der Waals surface area (Å²) in [6.07, 6.45) is 5.29. The quantitative estimate of drug-likeness (QED) is 0.779. The van der Waals surface area contributed by atoms with Gasteiger partial charge in [0.15, 0.2) is 11.5 Å². The van der Waals surface area contributed by atoms with Gasteiger partial charge in [0.25, 0.3) is 0 Å². The number of rotatable bonds is 5. The van der Waals surface area contributed by atoms with Crippen LogP contribution in [0.1, 0.15) is 11.4 Å². The van der Waals surface area contributed by atoms with E-state index in [4.69, 9.17) is 21.1 Å². The van der Waals surface area contributed by atoms with Gasteiger partial charge in [-0.1, -0.05) is 0 Å². The van der Waals surface area contributed by atoms with Crippen molar-refractivity contribution < 1.29 is 9.47 Å². The van der Waals surface area contributed by atoms with Crippen molar-refractivity contribution in [2.45, 2.75) is 12.4 Å². The Morgan fingerprint density at radius 2 is 2.11 bits per heavy atom. The highest BCUT2D eigenvalue weighted by Gasteiger charge is 2.11. The van der Waals surface area contributed by atoms with Crippen molar-refractivity contribution in [3.63, 3.8) is 0 Å². The van der Waals surface area contributed by atoms with E-state index in [0.29, 0.717) is 23.9 Å². The predicted octanol–water partition coefficient (Wildman–Crippen LogP) is 2.08. The Hall–Kier alpha value is -1.75. The van der Waals surface area contributed by atoms with E-state index in [0.717, 1.165) is 11.4 Å². The molecular weight excluding hydrogens is 254 g/mol. The standard InChI is InChI=1S/C12H14ClN3O2/c1-17-11-3-4-14-10(12(11)18-2)7-16-6-9(5-13)15-8-16/h3-4,6,8H,5,7H2,1-2H3. The molecule has 0 spiro atoms. The van der Waals surface area contributed by atoms with Gasteiger partial charge < -0.3 is 14.0 Å². The minimum atomic E-state index is 0.398. The fraction of sp³-hybridized carbons (Fsp3) is 0.333. The van der Waals surface area contributed by atoms with E-state index >= 15 is 0 Å². The maximum atomic E-state index is 5.71. The molecule has 2 heterocycles. The topological polar surface area (TPSA) is 49.2 Å². The van der Waals surface area contributed by atoms with Crippen molar-refractivity contribution in [1.29, 1.82) is 0 Å². The number of imidazole rings is 1. The highest BCUT2D eigenvalue weighted by molar-refractivity contribution is 6.16. The van der Waals surface area contributed by atoms with Crippen LogP contribution in [0.2, 0.25) is 0 Å². The zero-order valence-electron chi connectivity index (χ0n) is 10.3. The van der Waals surface area contributed by atoms with Crippen molar-refractivity contribution >= 4 is 11.6 Å².